The molecule has 0 amide bonds. The lowest BCUT2D eigenvalue weighted by atomic mass is 10.0. The van der Waals surface area contributed by atoms with Gasteiger partial charge in [0, 0.05) is 53.7 Å². The van der Waals surface area contributed by atoms with Gasteiger partial charge in [-0.05, 0) is 83.9 Å². The SMILES string of the molecule is c1ccc(N(c2ccccc2)c2ccc(-n3c4ccccc4c4cc(-c5cccc6c5sc5ccccc56)ccc43)cc2)cc1. The van der Waals surface area contributed by atoms with E-state index < -0.39 is 0 Å². The summed E-state index contributed by atoms with van der Waals surface area (Å²) in [6.07, 6.45) is 0. The first-order valence-electron chi connectivity index (χ1n) is 15.3. The molecular weight excluding hydrogens is 565 g/mol. The van der Waals surface area contributed by atoms with Crippen LogP contribution in [0.15, 0.2) is 170 Å². The van der Waals surface area contributed by atoms with Gasteiger partial charge in [-0.25, -0.2) is 0 Å². The van der Waals surface area contributed by atoms with Crippen molar-refractivity contribution in [3.05, 3.63) is 170 Å². The molecule has 0 atom stereocenters. The lowest BCUT2D eigenvalue weighted by Crippen LogP contribution is -2.09. The van der Waals surface area contributed by atoms with Crippen LogP contribution in [0.2, 0.25) is 0 Å². The molecule has 0 unspecified atom stereocenters. The number of para-hydroxylation sites is 3. The molecule has 0 aliphatic heterocycles. The summed E-state index contributed by atoms with van der Waals surface area (Å²) >= 11 is 1.89. The van der Waals surface area contributed by atoms with Crippen molar-refractivity contribution >= 4 is 70.4 Å². The van der Waals surface area contributed by atoms with Gasteiger partial charge in [-0.1, -0.05) is 97.1 Å². The minimum atomic E-state index is 1.12. The maximum absolute atomic E-state index is 2.40. The number of hydrogen-bond acceptors (Lipinski definition) is 2. The van der Waals surface area contributed by atoms with Crippen LogP contribution in [0.4, 0.5) is 17.1 Å². The summed E-state index contributed by atoms with van der Waals surface area (Å²) in [5.74, 6) is 0. The van der Waals surface area contributed by atoms with Crippen molar-refractivity contribution in [1.29, 1.82) is 0 Å². The second kappa shape index (κ2) is 10.5. The molecule has 2 heterocycles. The van der Waals surface area contributed by atoms with Gasteiger partial charge in [0.05, 0.1) is 11.0 Å². The van der Waals surface area contributed by atoms with E-state index in [2.05, 4.69) is 179 Å². The largest absolute Gasteiger partial charge is 0.311 e. The molecule has 212 valence electrons. The predicted octanol–water partition coefficient (Wildman–Crippen LogP) is 12.3. The number of rotatable bonds is 5. The molecule has 0 spiro atoms. The standard InChI is InChI=1S/C42H28N2S/c1-3-12-30(13-4-1)43(31-14-5-2-6-15-31)32-23-25-33(26-24-32)44-39-20-9-7-16-35(39)38-28-29(22-27-40(38)44)34-18-11-19-37-36-17-8-10-21-41(36)45-42(34)37/h1-28H. The van der Waals surface area contributed by atoms with Crippen LogP contribution in [0, 0.1) is 0 Å². The van der Waals surface area contributed by atoms with Gasteiger partial charge in [0.25, 0.3) is 0 Å². The summed E-state index contributed by atoms with van der Waals surface area (Å²) in [6.45, 7) is 0. The Morgan fingerprint density at radius 2 is 1.02 bits per heavy atom. The zero-order valence-electron chi connectivity index (χ0n) is 24.5. The molecule has 9 rings (SSSR count). The van der Waals surface area contributed by atoms with E-state index in [1.807, 2.05) is 11.3 Å². The number of hydrogen-bond donors (Lipinski definition) is 0. The molecule has 3 heteroatoms. The molecule has 9 aromatic rings. The molecule has 0 aliphatic carbocycles. The number of anilines is 3. The zero-order chi connectivity index (χ0) is 29.7. The van der Waals surface area contributed by atoms with Crippen LogP contribution >= 0.6 is 11.3 Å². The Kier molecular flexibility index (Phi) is 6.03. The van der Waals surface area contributed by atoms with Crippen molar-refractivity contribution in [3.8, 4) is 16.8 Å². The fourth-order valence-electron chi connectivity index (χ4n) is 6.75. The summed E-state index contributed by atoms with van der Waals surface area (Å²) in [5.41, 5.74) is 9.49. The second-order valence-electron chi connectivity index (χ2n) is 11.4. The number of aromatic nitrogens is 1. The van der Waals surface area contributed by atoms with Gasteiger partial charge in [-0.3, -0.25) is 0 Å². The monoisotopic (exact) mass is 592 g/mol. The quantitative estimate of drug-likeness (QED) is 0.193. The summed E-state index contributed by atoms with van der Waals surface area (Å²) in [7, 11) is 0. The normalized spacial score (nSPS) is 11.6. The molecule has 2 nitrogen and oxygen atoms in total. The minimum Gasteiger partial charge on any atom is -0.311 e. The van der Waals surface area contributed by atoms with Gasteiger partial charge >= 0.3 is 0 Å². The second-order valence-corrected chi connectivity index (χ2v) is 12.4. The summed E-state index contributed by atoms with van der Waals surface area (Å²) in [4.78, 5) is 2.30. The first-order chi connectivity index (χ1) is 22.3. The van der Waals surface area contributed by atoms with Crippen LogP contribution in [0.5, 0.6) is 0 Å². The number of thiophene rings is 1. The highest BCUT2D eigenvalue weighted by Crippen LogP contribution is 2.42. The third-order valence-electron chi connectivity index (χ3n) is 8.78. The highest BCUT2D eigenvalue weighted by Gasteiger charge is 2.17. The molecule has 0 bridgehead atoms. The fraction of sp³-hybridized carbons (Fsp3) is 0. The average Bonchev–Trinajstić information content (AvgIpc) is 3.65. The van der Waals surface area contributed by atoms with Gasteiger partial charge in [-0.2, -0.15) is 0 Å². The minimum absolute atomic E-state index is 1.12. The van der Waals surface area contributed by atoms with Crippen LogP contribution in [-0.2, 0) is 0 Å². The Labute approximate surface area is 265 Å². The molecule has 0 aliphatic rings. The van der Waals surface area contributed by atoms with E-state index >= 15 is 0 Å². The summed E-state index contributed by atoms with van der Waals surface area (Å²) in [5, 5.41) is 5.19. The van der Waals surface area contributed by atoms with Gasteiger partial charge in [0.1, 0.15) is 0 Å². The molecule has 45 heavy (non-hydrogen) atoms. The predicted molar refractivity (Wildman–Crippen MR) is 194 cm³/mol. The molecule has 7 aromatic carbocycles. The highest BCUT2D eigenvalue weighted by molar-refractivity contribution is 7.26. The van der Waals surface area contributed by atoms with Crippen molar-refractivity contribution < 1.29 is 0 Å². The smallest absolute Gasteiger partial charge is 0.0541 e. The topological polar surface area (TPSA) is 8.17 Å². The molecule has 0 saturated heterocycles. The van der Waals surface area contributed by atoms with E-state index in [1.165, 1.54) is 53.1 Å². The Morgan fingerprint density at radius 1 is 0.422 bits per heavy atom. The molecule has 2 aromatic heterocycles. The molecule has 0 fully saturated rings. The maximum atomic E-state index is 2.40. The lowest BCUT2D eigenvalue weighted by molar-refractivity contribution is 1.17. The van der Waals surface area contributed by atoms with Crippen molar-refractivity contribution in [2.24, 2.45) is 0 Å². The number of fused-ring (bicyclic) bond motifs is 6. The van der Waals surface area contributed by atoms with Crippen LogP contribution in [-0.4, -0.2) is 4.57 Å². The van der Waals surface area contributed by atoms with Crippen LogP contribution in [0.3, 0.4) is 0 Å². The van der Waals surface area contributed by atoms with E-state index in [9.17, 15) is 0 Å². The van der Waals surface area contributed by atoms with Crippen molar-refractivity contribution in [1.82, 2.24) is 4.57 Å². The Balaban J connectivity index is 1.18. The Morgan fingerprint density at radius 3 is 1.78 bits per heavy atom. The third kappa shape index (κ3) is 4.24. The molecule has 0 radical (unpaired) electrons. The van der Waals surface area contributed by atoms with Crippen molar-refractivity contribution in [2.75, 3.05) is 4.90 Å². The number of benzene rings is 7. The van der Waals surface area contributed by atoms with Crippen molar-refractivity contribution in [3.63, 3.8) is 0 Å². The highest BCUT2D eigenvalue weighted by atomic mass is 32.1. The maximum Gasteiger partial charge on any atom is 0.0541 e. The van der Waals surface area contributed by atoms with Crippen LogP contribution in [0.25, 0.3) is 58.8 Å². The van der Waals surface area contributed by atoms with E-state index in [4.69, 9.17) is 0 Å². The molecule has 0 N–H and O–H groups in total. The Hall–Kier alpha value is -5.64. The van der Waals surface area contributed by atoms with E-state index in [0.29, 0.717) is 0 Å². The summed E-state index contributed by atoms with van der Waals surface area (Å²) in [6, 6.07) is 61.2. The number of nitrogens with zero attached hydrogens (tertiary/aromatic N) is 2. The zero-order valence-corrected chi connectivity index (χ0v) is 25.3. The average molecular weight is 593 g/mol. The van der Waals surface area contributed by atoms with Gasteiger partial charge in [0.15, 0.2) is 0 Å². The summed E-state index contributed by atoms with van der Waals surface area (Å²) < 4.78 is 5.08. The van der Waals surface area contributed by atoms with E-state index in [0.717, 1.165) is 22.7 Å². The first kappa shape index (κ1) is 25.8. The molecular formula is C42H28N2S. The molecule has 0 saturated carbocycles. The van der Waals surface area contributed by atoms with Gasteiger partial charge < -0.3 is 9.47 Å². The lowest BCUT2D eigenvalue weighted by Gasteiger charge is -2.25. The van der Waals surface area contributed by atoms with E-state index in [1.54, 1.807) is 0 Å². The van der Waals surface area contributed by atoms with Crippen LogP contribution < -0.4 is 4.90 Å². The van der Waals surface area contributed by atoms with Gasteiger partial charge in [-0.15, -0.1) is 11.3 Å². The Bertz CT molecular complexity index is 2430. The van der Waals surface area contributed by atoms with Crippen LogP contribution in [0.1, 0.15) is 0 Å². The van der Waals surface area contributed by atoms with Gasteiger partial charge in [0.2, 0.25) is 0 Å². The first-order valence-corrected chi connectivity index (χ1v) is 16.1. The fourth-order valence-corrected chi connectivity index (χ4v) is 7.98. The third-order valence-corrected chi connectivity index (χ3v) is 10.0. The van der Waals surface area contributed by atoms with Crippen molar-refractivity contribution in [2.45, 2.75) is 0 Å². The van der Waals surface area contributed by atoms with E-state index in [-0.39, 0.29) is 0 Å².